The molecule has 2 rings (SSSR count). The monoisotopic (exact) mass is 378 g/mol. The number of carbonyl (C=O) groups is 1. The lowest BCUT2D eigenvalue weighted by molar-refractivity contribution is -0.145. The zero-order valence-electron chi connectivity index (χ0n) is 13.5. The molecule has 0 radical (unpaired) electrons. The molecule has 0 amide bonds. The second-order valence-corrected chi connectivity index (χ2v) is 7.02. The summed E-state index contributed by atoms with van der Waals surface area (Å²) in [6.45, 7) is 5.63. The molecular formula is C17H18Cl2F2O3. The molecule has 0 unspecified atom stereocenters. The van der Waals surface area contributed by atoms with E-state index in [2.05, 4.69) is 4.74 Å². The molecule has 0 spiro atoms. The molecule has 2 atom stereocenters. The highest BCUT2D eigenvalue weighted by Gasteiger charge is 2.61. The molecule has 1 saturated carbocycles. The Bertz CT molecular complexity index is 659. The molecule has 132 valence electrons. The van der Waals surface area contributed by atoms with Crippen LogP contribution in [0, 0.1) is 17.3 Å². The van der Waals surface area contributed by atoms with Crippen LogP contribution in [0.15, 0.2) is 30.4 Å². The molecule has 1 aromatic carbocycles. The predicted octanol–water partition coefficient (Wildman–Crippen LogP) is 5.36. The van der Waals surface area contributed by atoms with E-state index in [1.54, 1.807) is 6.92 Å². The third-order valence-corrected chi connectivity index (χ3v) is 4.62. The largest absolute Gasteiger partial charge is 0.466 e. The maximum atomic E-state index is 14.0. The summed E-state index contributed by atoms with van der Waals surface area (Å²) >= 11 is 11.5. The Balaban J connectivity index is 2.06. The summed E-state index contributed by atoms with van der Waals surface area (Å²) in [5.74, 6) is -1.30. The van der Waals surface area contributed by atoms with E-state index in [0.29, 0.717) is 11.1 Å². The fraction of sp³-hybridized carbons (Fsp3) is 0.471. The average Bonchev–Trinajstić information content (AvgIpc) is 3.02. The molecule has 1 aromatic rings. The van der Waals surface area contributed by atoms with Crippen molar-refractivity contribution in [3.63, 3.8) is 0 Å². The van der Waals surface area contributed by atoms with Gasteiger partial charge in [0.25, 0.3) is 0 Å². The molecule has 1 aliphatic carbocycles. The predicted molar refractivity (Wildman–Crippen MR) is 88.6 cm³/mol. The Morgan fingerprint density at radius 3 is 2.62 bits per heavy atom. The first kappa shape index (κ1) is 19.0. The van der Waals surface area contributed by atoms with E-state index in [1.807, 2.05) is 13.8 Å². The lowest BCUT2D eigenvalue weighted by atomic mass is 10.1. The van der Waals surface area contributed by atoms with E-state index < -0.39 is 17.4 Å². The summed E-state index contributed by atoms with van der Waals surface area (Å²) in [7, 11) is 0. The quantitative estimate of drug-likeness (QED) is 0.493. The highest BCUT2D eigenvalue weighted by atomic mass is 35.5. The van der Waals surface area contributed by atoms with E-state index in [4.69, 9.17) is 27.9 Å². The van der Waals surface area contributed by atoms with E-state index in [9.17, 15) is 13.6 Å². The first-order valence-electron chi connectivity index (χ1n) is 7.46. The molecular weight excluding hydrogens is 361 g/mol. The van der Waals surface area contributed by atoms with Crippen LogP contribution in [0.5, 0.6) is 5.75 Å². The third kappa shape index (κ3) is 4.19. The van der Waals surface area contributed by atoms with Gasteiger partial charge in [0, 0.05) is 11.1 Å². The minimum atomic E-state index is -3.56. The normalized spacial score (nSPS) is 22.5. The van der Waals surface area contributed by atoms with Crippen LogP contribution >= 0.6 is 23.2 Å². The van der Waals surface area contributed by atoms with E-state index in [1.165, 1.54) is 24.3 Å². The lowest BCUT2D eigenvalue weighted by Gasteiger charge is -2.15. The SMILES string of the molecule is CCOC(=O)[C@@H]1[C@@H](C=CC(F)(F)Oc2ccc(Cl)cc2Cl)C1(C)C. The number of halogens is 4. The van der Waals surface area contributed by atoms with Crippen LogP contribution in [0.4, 0.5) is 8.78 Å². The number of benzene rings is 1. The maximum Gasteiger partial charge on any atom is 0.419 e. The topological polar surface area (TPSA) is 35.5 Å². The summed E-state index contributed by atoms with van der Waals surface area (Å²) < 4.78 is 37.6. The van der Waals surface area contributed by atoms with Crippen molar-refractivity contribution in [2.45, 2.75) is 26.9 Å². The minimum Gasteiger partial charge on any atom is -0.466 e. The van der Waals surface area contributed by atoms with Crippen LogP contribution in [0.1, 0.15) is 20.8 Å². The number of ether oxygens (including phenoxy) is 2. The van der Waals surface area contributed by atoms with Gasteiger partial charge in [-0.15, -0.1) is 0 Å². The summed E-state index contributed by atoms with van der Waals surface area (Å²) in [6, 6.07) is 4.00. The number of alkyl halides is 2. The van der Waals surface area contributed by atoms with Gasteiger partial charge in [0.15, 0.2) is 0 Å². The highest BCUT2D eigenvalue weighted by Crippen LogP contribution is 2.59. The molecule has 7 heteroatoms. The minimum absolute atomic E-state index is 0.00766. The smallest absolute Gasteiger partial charge is 0.419 e. The van der Waals surface area contributed by atoms with Gasteiger partial charge in [-0.2, -0.15) is 8.78 Å². The summed E-state index contributed by atoms with van der Waals surface area (Å²) in [5, 5.41) is 0.315. The van der Waals surface area contributed by atoms with Crippen LogP contribution in [-0.4, -0.2) is 18.7 Å². The van der Waals surface area contributed by atoms with E-state index in [-0.39, 0.29) is 29.3 Å². The standard InChI is InChI=1S/C17H18Cl2F2O3/c1-4-23-15(22)14-11(16(14,2)3)7-8-17(20,21)24-13-6-5-10(18)9-12(13)19/h5-9,11,14H,4H2,1-3H3/t11-,14+/m1/s1. The van der Waals surface area contributed by atoms with Crippen molar-refractivity contribution in [2.24, 2.45) is 17.3 Å². The van der Waals surface area contributed by atoms with Crippen LogP contribution in [0.3, 0.4) is 0 Å². The number of hydrogen-bond acceptors (Lipinski definition) is 3. The van der Waals surface area contributed by atoms with Crippen molar-refractivity contribution in [1.82, 2.24) is 0 Å². The third-order valence-electron chi connectivity index (χ3n) is 4.09. The van der Waals surface area contributed by atoms with Crippen LogP contribution < -0.4 is 4.74 Å². The number of rotatable bonds is 6. The van der Waals surface area contributed by atoms with Crippen molar-refractivity contribution in [1.29, 1.82) is 0 Å². The summed E-state index contributed by atoms with van der Waals surface area (Å²) in [6.07, 6.45) is -1.62. The molecule has 1 fully saturated rings. The van der Waals surface area contributed by atoms with Crippen molar-refractivity contribution in [3.8, 4) is 5.75 Å². The Morgan fingerprint density at radius 2 is 2.04 bits per heavy atom. The zero-order valence-corrected chi connectivity index (χ0v) is 15.0. The van der Waals surface area contributed by atoms with Gasteiger partial charge >= 0.3 is 12.1 Å². The van der Waals surface area contributed by atoms with Crippen LogP contribution in [0.2, 0.25) is 10.0 Å². The molecule has 0 bridgehead atoms. The zero-order chi connectivity index (χ0) is 18.1. The average molecular weight is 379 g/mol. The van der Waals surface area contributed by atoms with Gasteiger partial charge in [-0.3, -0.25) is 4.79 Å². The molecule has 0 N–H and O–H groups in total. The van der Waals surface area contributed by atoms with Crippen LogP contribution in [0.25, 0.3) is 0 Å². The highest BCUT2D eigenvalue weighted by molar-refractivity contribution is 6.35. The maximum absolute atomic E-state index is 14.0. The number of hydrogen-bond donors (Lipinski definition) is 0. The van der Waals surface area contributed by atoms with Crippen molar-refractivity contribution < 1.29 is 23.0 Å². The molecule has 0 saturated heterocycles. The molecule has 0 aliphatic heterocycles. The summed E-state index contributed by atoms with van der Waals surface area (Å²) in [5.41, 5.74) is -0.420. The second kappa shape index (κ2) is 6.89. The van der Waals surface area contributed by atoms with Crippen molar-refractivity contribution >= 4 is 29.2 Å². The molecule has 1 aliphatic rings. The van der Waals surface area contributed by atoms with Crippen molar-refractivity contribution in [2.75, 3.05) is 6.61 Å². The summed E-state index contributed by atoms with van der Waals surface area (Å²) in [4.78, 5) is 11.8. The molecule has 24 heavy (non-hydrogen) atoms. The van der Waals surface area contributed by atoms with Crippen LogP contribution in [-0.2, 0) is 9.53 Å². The Morgan fingerprint density at radius 1 is 1.38 bits per heavy atom. The number of allylic oxidation sites excluding steroid dienone is 1. The number of esters is 1. The van der Waals surface area contributed by atoms with Gasteiger partial charge < -0.3 is 9.47 Å². The molecule has 0 aromatic heterocycles. The Hall–Kier alpha value is -1.33. The van der Waals surface area contributed by atoms with Gasteiger partial charge in [0.2, 0.25) is 0 Å². The van der Waals surface area contributed by atoms with Gasteiger partial charge in [0.05, 0.1) is 17.5 Å². The van der Waals surface area contributed by atoms with Gasteiger partial charge in [0.1, 0.15) is 5.75 Å². The van der Waals surface area contributed by atoms with Gasteiger partial charge in [-0.25, -0.2) is 0 Å². The fourth-order valence-electron chi connectivity index (χ4n) is 2.67. The molecule has 3 nitrogen and oxygen atoms in total. The number of carbonyl (C=O) groups excluding carboxylic acids is 1. The van der Waals surface area contributed by atoms with Crippen molar-refractivity contribution in [3.05, 3.63) is 40.4 Å². The first-order valence-corrected chi connectivity index (χ1v) is 8.22. The Labute approximate surface area is 149 Å². The molecule has 0 heterocycles. The van der Waals surface area contributed by atoms with E-state index in [0.717, 1.165) is 0 Å². The van der Waals surface area contributed by atoms with Gasteiger partial charge in [-0.05, 0) is 36.5 Å². The lowest BCUT2D eigenvalue weighted by Crippen LogP contribution is -2.21. The fourth-order valence-corrected chi connectivity index (χ4v) is 3.12. The first-order chi connectivity index (χ1) is 11.1. The van der Waals surface area contributed by atoms with E-state index >= 15 is 0 Å². The Kier molecular flexibility index (Phi) is 5.45. The van der Waals surface area contributed by atoms with Gasteiger partial charge in [-0.1, -0.05) is 43.1 Å². The second-order valence-electron chi connectivity index (χ2n) is 6.17.